The van der Waals surface area contributed by atoms with Gasteiger partial charge in [0.25, 0.3) is 22.6 Å². The lowest BCUT2D eigenvalue weighted by atomic mass is 9.12. The fourth-order valence-corrected chi connectivity index (χ4v) is 7.92. The molecule has 62 heavy (non-hydrogen) atoms. The van der Waals surface area contributed by atoms with Gasteiger partial charge in [-0.2, -0.15) is 0 Å². The minimum Gasteiger partial charge on any atom is -0.207 e. The average Bonchev–Trinajstić information content (AvgIpc) is 3.25. The zero-order chi connectivity index (χ0) is 46.9. The first-order chi connectivity index (χ1) is 28.7. The van der Waals surface area contributed by atoms with Crippen molar-refractivity contribution < 1.29 is 110 Å². The van der Waals surface area contributed by atoms with E-state index in [1.807, 2.05) is 0 Å². The highest BCUT2D eigenvalue weighted by atomic mass is 127. The lowest BCUT2D eigenvalue weighted by molar-refractivity contribution is -0.475. The Labute approximate surface area is 349 Å². The maximum atomic E-state index is 15.4. The van der Waals surface area contributed by atoms with Crippen molar-refractivity contribution in [2.75, 3.05) is 0 Å². The molecule has 0 aliphatic heterocycles. The van der Waals surface area contributed by atoms with Crippen LogP contribution in [0.5, 0.6) is 0 Å². The Kier molecular flexibility index (Phi) is 13.1. The highest BCUT2D eigenvalue weighted by Gasteiger charge is 2.53. The molecule has 0 fully saturated rings. The van der Waals surface area contributed by atoms with E-state index in [2.05, 4.69) is 91.9 Å². The molecule has 22 heteroatoms. The minimum absolute atomic E-state index is 0.159. The van der Waals surface area contributed by atoms with Crippen molar-refractivity contribution in [1.82, 2.24) is 0 Å². The summed E-state index contributed by atoms with van der Waals surface area (Å²) >= 11 is 2.28. The highest BCUT2D eigenvalue weighted by Crippen LogP contribution is 2.37. The van der Waals surface area contributed by atoms with E-state index in [0.717, 1.165) is 6.42 Å². The molecule has 0 N–H and O–H groups in total. The Hall–Kier alpha value is -5.03. The van der Waals surface area contributed by atoms with Gasteiger partial charge in [0.1, 0.15) is 52.7 Å². The van der Waals surface area contributed by atoms with Crippen LogP contribution < -0.4 is 44.4 Å². The van der Waals surface area contributed by atoms with Crippen molar-refractivity contribution >= 4 is 28.0 Å². The van der Waals surface area contributed by atoms with Crippen molar-refractivity contribution in [3.63, 3.8) is 0 Å². The van der Waals surface area contributed by atoms with E-state index in [1.54, 1.807) is 0 Å². The Balaban J connectivity index is 0.000000355. The first-order valence-corrected chi connectivity index (χ1v) is 18.2. The second-order valence-corrected chi connectivity index (χ2v) is 16.2. The molecule has 0 radical (unpaired) electrons. The molecule has 1 unspecified atom stereocenters. The molecule has 0 bridgehead atoms. The molecule has 330 valence electrons. The van der Waals surface area contributed by atoms with Gasteiger partial charge in [-0.15, -0.1) is 21.9 Å². The number of hydrogen-bond donors (Lipinski definition) is 0. The maximum absolute atomic E-state index is 15.4. The summed E-state index contributed by atoms with van der Waals surface area (Å²) in [5, 5.41) is 0. The Morgan fingerprint density at radius 1 is 0.419 bits per heavy atom. The van der Waals surface area contributed by atoms with Crippen LogP contribution >= 0.6 is 0 Å². The van der Waals surface area contributed by atoms with E-state index in [1.165, 1.54) is 11.1 Å². The normalized spacial score (nSPS) is 15.5. The third-order valence-corrected chi connectivity index (χ3v) is 12.9. The summed E-state index contributed by atoms with van der Waals surface area (Å²) < 4.78 is 294. The third kappa shape index (κ3) is 7.12. The van der Waals surface area contributed by atoms with E-state index >= 15 is 35.1 Å². The van der Waals surface area contributed by atoms with Gasteiger partial charge in [0.15, 0.2) is 73.2 Å². The van der Waals surface area contributed by atoms with E-state index in [0.29, 0.717) is 0 Å². The average molecular weight is 1020 g/mol. The molecule has 0 saturated carbocycles. The van der Waals surface area contributed by atoms with E-state index in [9.17, 15) is 52.7 Å². The molecule has 5 aromatic carbocycles. The van der Waals surface area contributed by atoms with Gasteiger partial charge in [-0.3, -0.25) is 0 Å². The summed E-state index contributed by atoms with van der Waals surface area (Å²) in [6.07, 6.45) is 0.913. The molecular formula is C40H20BF20I. The maximum Gasteiger partial charge on any atom is 0.264 e. The fraction of sp³-hybridized carbons (Fsp3) is 0.150. The van der Waals surface area contributed by atoms with Crippen molar-refractivity contribution in [2.45, 2.75) is 36.0 Å². The number of halogens is 21. The Morgan fingerprint density at radius 2 is 0.661 bits per heavy atom. The summed E-state index contributed by atoms with van der Waals surface area (Å²) in [6.45, 7) is 6.88. The SMILES string of the molecule is CC1=CCC([IH+])(C(C)(C)c2ccccc2)C=C1.Fc1c(F)c(F)c([B-](c2c(F)c(F)c(F)c(F)c2F)(c2c(F)c(F)c(F)c(F)c2F)c2c(F)c(F)c(F)c(F)c2F)c(F)c1F. The zero-order valence-corrected chi connectivity index (χ0v) is 33.2. The molecule has 0 heterocycles. The van der Waals surface area contributed by atoms with E-state index in [-0.39, 0.29) is 8.84 Å². The van der Waals surface area contributed by atoms with Gasteiger partial charge in [-0.25, -0.2) is 87.8 Å². The van der Waals surface area contributed by atoms with Crippen LogP contribution in [0.2, 0.25) is 0 Å². The highest BCUT2D eigenvalue weighted by molar-refractivity contribution is 7.20. The van der Waals surface area contributed by atoms with Crippen LogP contribution in [0.4, 0.5) is 87.8 Å². The number of alkyl halides is 1. The van der Waals surface area contributed by atoms with Gasteiger partial charge in [0, 0.05) is 11.8 Å². The van der Waals surface area contributed by atoms with Gasteiger partial charge in [-0.05, 0) is 18.6 Å². The summed E-state index contributed by atoms with van der Waals surface area (Å²) in [6, 6.07) is 10.8. The fourth-order valence-electron chi connectivity index (χ4n) is 7.15. The lowest BCUT2D eigenvalue weighted by Crippen LogP contribution is -3.44. The minimum atomic E-state index is -7.22. The summed E-state index contributed by atoms with van der Waals surface area (Å²) in [7, 11) is 0. The Bertz CT molecular complexity index is 2330. The molecular weight excluding hydrogens is 998 g/mol. The lowest BCUT2D eigenvalue weighted by Gasteiger charge is -2.44. The predicted molar refractivity (Wildman–Crippen MR) is 180 cm³/mol. The molecule has 0 saturated heterocycles. The first-order valence-electron chi connectivity index (χ1n) is 17.0. The van der Waals surface area contributed by atoms with Gasteiger partial charge in [-0.1, -0.05) is 61.9 Å². The molecule has 0 aromatic heterocycles. The second-order valence-electron chi connectivity index (χ2n) is 14.2. The van der Waals surface area contributed by atoms with Crippen molar-refractivity contribution in [1.29, 1.82) is 0 Å². The van der Waals surface area contributed by atoms with Crippen LogP contribution in [0.1, 0.15) is 32.8 Å². The van der Waals surface area contributed by atoms with Crippen molar-refractivity contribution in [3.05, 3.63) is 176 Å². The summed E-state index contributed by atoms with van der Waals surface area (Å²) in [4.78, 5) is 0. The van der Waals surface area contributed by atoms with E-state index < -0.39 is 144 Å². The van der Waals surface area contributed by atoms with Crippen molar-refractivity contribution in [2.24, 2.45) is 0 Å². The standard InChI is InChI=1S/C24BF20.C16H20I/c26-5-1(6(27)14(35)21(42)13(5)34)25(2-7(28)15(36)22(43)16(37)8(2)29,3-9(30)17(38)23(44)18(39)10(3)31)4-11(32)19(40)24(45)20(41)12(4)33;1-13-9-11-16(17,12-10-13)15(2,3)14-7-5-4-6-8-14/h;4-11,17H,12H2,1-3H3/q-1;+1. The number of rotatable bonds is 6. The van der Waals surface area contributed by atoms with Crippen LogP contribution in [-0.2, 0) is 5.41 Å². The van der Waals surface area contributed by atoms with Gasteiger partial charge in [0.05, 0.1) is 0 Å². The summed E-state index contributed by atoms with van der Waals surface area (Å²) in [5.74, 6) is -71.4. The molecule has 1 atom stereocenters. The summed E-state index contributed by atoms with van der Waals surface area (Å²) in [5.41, 5.74) is -11.4. The van der Waals surface area contributed by atoms with Crippen LogP contribution in [0, 0.1) is 116 Å². The predicted octanol–water partition coefficient (Wildman–Crippen LogP) is 6.74. The monoisotopic (exact) mass is 1020 g/mol. The molecule has 0 spiro atoms. The molecule has 1 aliphatic carbocycles. The van der Waals surface area contributed by atoms with Crippen molar-refractivity contribution in [3.8, 4) is 0 Å². The van der Waals surface area contributed by atoms with Crippen LogP contribution in [0.25, 0.3) is 0 Å². The number of benzene rings is 5. The molecule has 0 amide bonds. The van der Waals surface area contributed by atoms with E-state index in [4.69, 9.17) is 0 Å². The van der Waals surface area contributed by atoms with Crippen LogP contribution in [0.15, 0.2) is 54.1 Å². The number of allylic oxidation sites excluding steroid dienone is 4. The van der Waals surface area contributed by atoms with Gasteiger partial charge >= 0.3 is 0 Å². The number of hydrogen-bond acceptors (Lipinski definition) is 0. The largest absolute Gasteiger partial charge is 0.264 e. The first kappa shape index (κ1) is 48.0. The molecule has 0 nitrogen and oxygen atoms in total. The molecule has 1 aliphatic rings. The topological polar surface area (TPSA) is 0 Å². The van der Waals surface area contributed by atoms with Crippen LogP contribution in [0.3, 0.4) is 0 Å². The third-order valence-electron chi connectivity index (χ3n) is 10.6. The Morgan fingerprint density at radius 3 is 0.887 bits per heavy atom. The second kappa shape index (κ2) is 16.9. The quantitative estimate of drug-likeness (QED) is 0.0442. The van der Waals surface area contributed by atoms with Gasteiger partial charge in [0.2, 0.25) is 0 Å². The van der Waals surface area contributed by atoms with Crippen LogP contribution in [-0.4, -0.2) is 9.57 Å². The molecule has 6 rings (SSSR count). The smallest absolute Gasteiger partial charge is 0.207 e. The molecule has 5 aromatic rings. The zero-order valence-electron chi connectivity index (χ0n) is 30.9. The van der Waals surface area contributed by atoms with Gasteiger partial charge < -0.3 is 0 Å².